The molecule has 112 valence electrons. The van der Waals surface area contributed by atoms with Gasteiger partial charge in [0.1, 0.15) is 17.2 Å². The van der Waals surface area contributed by atoms with Crippen LogP contribution in [-0.4, -0.2) is 14.2 Å². The van der Waals surface area contributed by atoms with E-state index >= 15 is 0 Å². The summed E-state index contributed by atoms with van der Waals surface area (Å²) in [5, 5.41) is 3.24. The van der Waals surface area contributed by atoms with Crippen LogP contribution < -0.4 is 14.8 Å². The molecular formula is C18H23NO2. The Morgan fingerprint density at radius 1 is 1.00 bits per heavy atom. The Morgan fingerprint density at radius 2 is 1.71 bits per heavy atom. The maximum atomic E-state index is 6.09. The monoisotopic (exact) mass is 285 g/mol. The van der Waals surface area contributed by atoms with Gasteiger partial charge in [0.25, 0.3) is 0 Å². The molecule has 0 radical (unpaired) electrons. The molecule has 0 aliphatic carbocycles. The third kappa shape index (κ3) is 3.37. The molecule has 2 aromatic carbocycles. The number of ether oxygens (including phenoxy) is 2. The zero-order valence-electron chi connectivity index (χ0n) is 13.4. The number of nitrogens with one attached hydrogen (secondary N) is 1. The summed E-state index contributed by atoms with van der Waals surface area (Å²) in [7, 11) is 3.61. The van der Waals surface area contributed by atoms with Crippen LogP contribution in [0.3, 0.4) is 0 Å². The lowest BCUT2D eigenvalue weighted by molar-refractivity contribution is 0.393. The van der Waals surface area contributed by atoms with Crippen molar-refractivity contribution in [2.45, 2.75) is 26.8 Å². The van der Waals surface area contributed by atoms with E-state index in [-0.39, 0.29) is 6.04 Å². The first-order chi connectivity index (χ1) is 10.1. The van der Waals surface area contributed by atoms with Crippen LogP contribution in [-0.2, 0) is 0 Å². The highest BCUT2D eigenvalue weighted by Gasteiger charge is 2.16. The van der Waals surface area contributed by atoms with Crippen LogP contribution in [0.1, 0.15) is 29.7 Å². The normalized spacial score (nSPS) is 12.0. The molecule has 3 nitrogen and oxygen atoms in total. The Hall–Kier alpha value is -2.00. The third-order valence-electron chi connectivity index (χ3n) is 3.82. The fourth-order valence-electron chi connectivity index (χ4n) is 2.27. The molecule has 0 saturated heterocycles. The molecular weight excluding hydrogens is 262 g/mol. The van der Waals surface area contributed by atoms with Gasteiger partial charge < -0.3 is 14.8 Å². The second-order valence-electron chi connectivity index (χ2n) is 5.23. The molecule has 1 N–H and O–H groups in total. The van der Waals surface area contributed by atoms with Crippen LogP contribution >= 0.6 is 0 Å². The van der Waals surface area contributed by atoms with Crippen LogP contribution in [0.15, 0.2) is 36.4 Å². The lowest BCUT2D eigenvalue weighted by atomic mass is 10.1. The average Bonchev–Trinajstić information content (AvgIpc) is 2.50. The SMILES string of the molecule is CNC(C)c1c(OC)cccc1Oc1ccc(C)c(C)c1. The average molecular weight is 285 g/mol. The van der Waals surface area contributed by atoms with Crippen molar-refractivity contribution in [3.8, 4) is 17.2 Å². The highest BCUT2D eigenvalue weighted by atomic mass is 16.5. The molecule has 0 aliphatic rings. The topological polar surface area (TPSA) is 30.5 Å². The molecule has 21 heavy (non-hydrogen) atoms. The molecule has 0 spiro atoms. The number of aryl methyl sites for hydroxylation is 2. The van der Waals surface area contributed by atoms with E-state index in [1.54, 1.807) is 7.11 Å². The largest absolute Gasteiger partial charge is 0.496 e. The minimum absolute atomic E-state index is 0.141. The Kier molecular flexibility index (Phi) is 4.86. The lowest BCUT2D eigenvalue weighted by Gasteiger charge is -2.19. The number of benzene rings is 2. The molecule has 0 heterocycles. The molecule has 0 aromatic heterocycles. The summed E-state index contributed by atoms with van der Waals surface area (Å²) in [6.45, 7) is 6.27. The molecule has 0 fully saturated rings. The number of methoxy groups -OCH3 is 1. The smallest absolute Gasteiger partial charge is 0.135 e. The van der Waals surface area contributed by atoms with Crippen molar-refractivity contribution in [1.29, 1.82) is 0 Å². The molecule has 0 saturated carbocycles. The van der Waals surface area contributed by atoms with Gasteiger partial charge in [0.2, 0.25) is 0 Å². The highest BCUT2D eigenvalue weighted by molar-refractivity contribution is 5.49. The van der Waals surface area contributed by atoms with Crippen LogP contribution in [0.4, 0.5) is 0 Å². The Morgan fingerprint density at radius 3 is 2.33 bits per heavy atom. The van der Waals surface area contributed by atoms with Crippen LogP contribution in [0.2, 0.25) is 0 Å². The van der Waals surface area contributed by atoms with E-state index in [2.05, 4.69) is 38.2 Å². The predicted molar refractivity (Wildman–Crippen MR) is 86.5 cm³/mol. The molecule has 0 amide bonds. The van der Waals surface area contributed by atoms with Gasteiger partial charge in [-0.3, -0.25) is 0 Å². The van der Waals surface area contributed by atoms with Gasteiger partial charge >= 0.3 is 0 Å². The fraction of sp³-hybridized carbons (Fsp3) is 0.333. The van der Waals surface area contributed by atoms with Gasteiger partial charge in [-0.2, -0.15) is 0 Å². The van der Waals surface area contributed by atoms with E-state index in [1.807, 2.05) is 31.3 Å². The maximum Gasteiger partial charge on any atom is 0.135 e. The molecule has 3 heteroatoms. The summed E-state index contributed by atoms with van der Waals surface area (Å²) >= 11 is 0. The van der Waals surface area contributed by atoms with Gasteiger partial charge in [0.05, 0.1) is 12.7 Å². The van der Waals surface area contributed by atoms with Gasteiger partial charge in [-0.15, -0.1) is 0 Å². The molecule has 1 unspecified atom stereocenters. The van der Waals surface area contributed by atoms with Crippen molar-refractivity contribution in [2.75, 3.05) is 14.2 Å². The molecule has 0 bridgehead atoms. The first kappa shape index (κ1) is 15.4. The van der Waals surface area contributed by atoms with E-state index in [0.717, 1.165) is 22.8 Å². The highest BCUT2D eigenvalue weighted by Crippen LogP contribution is 2.36. The summed E-state index contributed by atoms with van der Waals surface area (Å²) in [4.78, 5) is 0. The zero-order valence-corrected chi connectivity index (χ0v) is 13.4. The van der Waals surface area contributed by atoms with Gasteiger partial charge in [-0.25, -0.2) is 0 Å². The lowest BCUT2D eigenvalue weighted by Crippen LogP contribution is -2.14. The van der Waals surface area contributed by atoms with E-state index in [0.29, 0.717) is 0 Å². The summed E-state index contributed by atoms with van der Waals surface area (Å²) in [5.41, 5.74) is 3.51. The van der Waals surface area contributed by atoms with E-state index in [1.165, 1.54) is 11.1 Å². The first-order valence-corrected chi connectivity index (χ1v) is 7.16. The standard InChI is InChI=1S/C18H23NO2/c1-12-9-10-15(11-13(12)2)21-17-8-6-7-16(20-5)18(17)14(3)19-4/h6-11,14,19H,1-5H3. The quantitative estimate of drug-likeness (QED) is 0.884. The van der Waals surface area contributed by atoms with Crippen LogP contribution in [0.25, 0.3) is 0 Å². The second-order valence-corrected chi connectivity index (χ2v) is 5.23. The van der Waals surface area contributed by atoms with Crippen LogP contribution in [0, 0.1) is 13.8 Å². The van der Waals surface area contributed by atoms with E-state index in [9.17, 15) is 0 Å². The van der Waals surface area contributed by atoms with Gasteiger partial charge in [0.15, 0.2) is 0 Å². The van der Waals surface area contributed by atoms with Gasteiger partial charge in [-0.05, 0) is 63.2 Å². The Labute approximate surface area is 126 Å². The summed E-state index contributed by atoms with van der Waals surface area (Å²) in [6.07, 6.45) is 0. The maximum absolute atomic E-state index is 6.09. The minimum atomic E-state index is 0.141. The van der Waals surface area contributed by atoms with Crippen molar-refractivity contribution < 1.29 is 9.47 Å². The Bertz CT molecular complexity index is 623. The van der Waals surface area contributed by atoms with Gasteiger partial charge in [-0.1, -0.05) is 12.1 Å². The molecule has 2 rings (SSSR count). The Balaban J connectivity index is 2.41. The zero-order chi connectivity index (χ0) is 15.4. The number of hydrogen-bond acceptors (Lipinski definition) is 3. The second kappa shape index (κ2) is 6.64. The van der Waals surface area contributed by atoms with Crippen molar-refractivity contribution >= 4 is 0 Å². The molecule has 1 atom stereocenters. The van der Waals surface area contributed by atoms with Crippen molar-refractivity contribution in [3.05, 3.63) is 53.1 Å². The first-order valence-electron chi connectivity index (χ1n) is 7.16. The molecule has 2 aromatic rings. The fourth-order valence-corrected chi connectivity index (χ4v) is 2.27. The minimum Gasteiger partial charge on any atom is -0.496 e. The summed E-state index contributed by atoms with van der Waals surface area (Å²) in [6, 6.07) is 12.1. The number of hydrogen-bond donors (Lipinski definition) is 1. The number of rotatable bonds is 5. The van der Waals surface area contributed by atoms with Gasteiger partial charge in [0, 0.05) is 6.04 Å². The van der Waals surface area contributed by atoms with E-state index < -0.39 is 0 Å². The predicted octanol–water partition coefficient (Wildman–Crippen LogP) is 4.38. The third-order valence-corrected chi connectivity index (χ3v) is 3.82. The molecule has 0 aliphatic heterocycles. The van der Waals surface area contributed by atoms with Crippen molar-refractivity contribution in [1.82, 2.24) is 5.32 Å². The van der Waals surface area contributed by atoms with E-state index in [4.69, 9.17) is 9.47 Å². The van der Waals surface area contributed by atoms with Crippen LogP contribution in [0.5, 0.6) is 17.2 Å². The summed E-state index contributed by atoms with van der Waals surface area (Å²) in [5.74, 6) is 2.49. The van der Waals surface area contributed by atoms with Crippen molar-refractivity contribution in [3.63, 3.8) is 0 Å². The summed E-state index contributed by atoms with van der Waals surface area (Å²) < 4.78 is 11.6. The van der Waals surface area contributed by atoms with Crippen molar-refractivity contribution in [2.24, 2.45) is 0 Å².